The fourth-order valence-electron chi connectivity index (χ4n) is 3.61. The Morgan fingerprint density at radius 2 is 1.58 bits per heavy atom. The van der Waals surface area contributed by atoms with Gasteiger partial charge in [0.25, 0.3) is 0 Å². The van der Waals surface area contributed by atoms with Crippen molar-refractivity contribution < 1.29 is 22.0 Å². The molecule has 0 radical (unpaired) electrons. The Kier molecular flexibility index (Phi) is 6.41. The van der Waals surface area contributed by atoms with Crippen LogP contribution in [-0.2, 0) is 6.18 Å². The third-order valence-corrected chi connectivity index (χ3v) is 4.94. The minimum absolute atomic E-state index is 0.0549. The van der Waals surface area contributed by atoms with Crippen LogP contribution in [0, 0.1) is 17.6 Å². The van der Waals surface area contributed by atoms with E-state index in [9.17, 15) is 22.0 Å². The van der Waals surface area contributed by atoms with Crippen LogP contribution in [0.1, 0.15) is 68.4 Å². The highest BCUT2D eigenvalue weighted by Gasteiger charge is 2.38. The van der Waals surface area contributed by atoms with E-state index in [4.69, 9.17) is 0 Å². The maximum atomic E-state index is 13.7. The highest BCUT2D eigenvalue weighted by molar-refractivity contribution is 5.30. The number of unbranched alkanes of at least 4 members (excludes halogenated alkanes) is 2. The lowest BCUT2D eigenvalue weighted by molar-refractivity contribution is -0.142. The molecule has 0 amide bonds. The van der Waals surface area contributed by atoms with Gasteiger partial charge in [-0.25, -0.2) is 8.78 Å². The zero-order valence-electron chi connectivity index (χ0n) is 13.6. The normalized spacial score (nSPS) is 21.7. The standard InChI is InChI=1S/C19H23F5/c1-2-3-4-5-6-13-7-9-14(10-8-13)15-11-16(20)18(17(21)12-15)19(22,23)24/h2,11-14H,1,3-10H2. The van der Waals surface area contributed by atoms with E-state index in [-0.39, 0.29) is 5.92 Å². The van der Waals surface area contributed by atoms with Gasteiger partial charge in [-0.1, -0.05) is 18.9 Å². The number of hydrogen-bond acceptors (Lipinski definition) is 0. The Bertz CT molecular complexity index is 530. The van der Waals surface area contributed by atoms with Gasteiger partial charge in [0.15, 0.2) is 0 Å². The zero-order valence-corrected chi connectivity index (χ0v) is 13.6. The number of halogens is 5. The van der Waals surface area contributed by atoms with Gasteiger partial charge in [-0.3, -0.25) is 0 Å². The van der Waals surface area contributed by atoms with Crippen LogP contribution >= 0.6 is 0 Å². The summed E-state index contributed by atoms with van der Waals surface area (Å²) >= 11 is 0. The summed E-state index contributed by atoms with van der Waals surface area (Å²) in [5, 5.41) is 0. The summed E-state index contributed by atoms with van der Waals surface area (Å²) < 4.78 is 65.3. The van der Waals surface area contributed by atoms with E-state index >= 15 is 0 Å². The predicted molar refractivity (Wildman–Crippen MR) is 84.7 cm³/mol. The zero-order chi connectivity index (χ0) is 17.7. The molecule has 1 saturated carbocycles. The number of alkyl halides is 3. The molecule has 0 atom stereocenters. The summed E-state index contributed by atoms with van der Waals surface area (Å²) in [5.74, 6) is -2.47. The van der Waals surface area contributed by atoms with Gasteiger partial charge in [-0.15, -0.1) is 6.58 Å². The van der Waals surface area contributed by atoms with Crippen LogP contribution in [0.2, 0.25) is 0 Å². The molecule has 1 aromatic rings. The van der Waals surface area contributed by atoms with E-state index in [0.717, 1.165) is 63.5 Å². The van der Waals surface area contributed by atoms with E-state index in [1.165, 1.54) is 0 Å². The SMILES string of the molecule is C=CCCCCC1CCC(c2cc(F)c(C(F)(F)F)c(F)c2)CC1. The third-order valence-electron chi connectivity index (χ3n) is 4.94. The second kappa shape index (κ2) is 8.13. The highest BCUT2D eigenvalue weighted by Crippen LogP contribution is 2.40. The fraction of sp³-hybridized carbons (Fsp3) is 0.579. The van der Waals surface area contributed by atoms with Crippen molar-refractivity contribution in [2.24, 2.45) is 5.92 Å². The van der Waals surface area contributed by atoms with Gasteiger partial charge in [-0.05, 0) is 68.1 Å². The molecule has 0 spiro atoms. The number of allylic oxidation sites excluding steroid dienone is 1. The molecule has 0 aromatic heterocycles. The van der Waals surface area contributed by atoms with Crippen LogP contribution in [0.15, 0.2) is 24.8 Å². The quantitative estimate of drug-likeness (QED) is 0.295. The first-order chi connectivity index (χ1) is 11.3. The Labute approximate surface area is 139 Å². The molecule has 2 rings (SSSR count). The highest BCUT2D eigenvalue weighted by atomic mass is 19.4. The fourth-order valence-corrected chi connectivity index (χ4v) is 3.61. The minimum atomic E-state index is -5.00. The lowest BCUT2D eigenvalue weighted by atomic mass is 9.77. The average Bonchev–Trinajstić information content (AvgIpc) is 2.50. The van der Waals surface area contributed by atoms with Crippen molar-refractivity contribution in [2.45, 2.75) is 63.5 Å². The van der Waals surface area contributed by atoms with Crippen LogP contribution in [-0.4, -0.2) is 0 Å². The maximum absolute atomic E-state index is 13.7. The lowest BCUT2D eigenvalue weighted by Crippen LogP contribution is -2.16. The third kappa shape index (κ3) is 4.81. The van der Waals surface area contributed by atoms with Crippen molar-refractivity contribution >= 4 is 0 Å². The van der Waals surface area contributed by atoms with Crippen molar-refractivity contribution in [2.75, 3.05) is 0 Å². The van der Waals surface area contributed by atoms with Crippen LogP contribution in [0.3, 0.4) is 0 Å². The number of hydrogen-bond donors (Lipinski definition) is 0. The van der Waals surface area contributed by atoms with E-state index in [0.29, 0.717) is 11.5 Å². The average molecular weight is 346 g/mol. The predicted octanol–water partition coefficient (Wildman–Crippen LogP) is 7.00. The van der Waals surface area contributed by atoms with Crippen LogP contribution in [0.25, 0.3) is 0 Å². The molecule has 0 N–H and O–H groups in total. The van der Waals surface area contributed by atoms with Gasteiger partial charge in [-0.2, -0.15) is 13.2 Å². The van der Waals surface area contributed by atoms with Gasteiger partial charge in [0.05, 0.1) is 0 Å². The molecule has 134 valence electrons. The number of benzene rings is 1. The second-order valence-corrected chi connectivity index (χ2v) is 6.65. The molecule has 1 aliphatic carbocycles. The minimum Gasteiger partial charge on any atom is -0.206 e. The molecule has 0 saturated heterocycles. The Morgan fingerprint density at radius 3 is 2.08 bits per heavy atom. The summed E-state index contributed by atoms with van der Waals surface area (Å²) in [6, 6.07) is 1.72. The molecule has 0 aliphatic heterocycles. The van der Waals surface area contributed by atoms with Crippen LogP contribution in [0.5, 0.6) is 0 Å². The Hall–Kier alpha value is -1.39. The lowest BCUT2D eigenvalue weighted by Gasteiger charge is -2.29. The van der Waals surface area contributed by atoms with Crippen LogP contribution < -0.4 is 0 Å². The monoisotopic (exact) mass is 346 g/mol. The summed E-state index contributed by atoms with van der Waals surface area (Å²) in [6.45, 7) is 3.69. The van der Waals surface area contributed by atoms with E-state index < -0.39 is 23.4 Å². The maximum Gasteiger partial charge on any atom is 0.422 e. The Morgan fingerprint density at radius 1 is 1.00 bits per heavy atom. The summed E-state index contributed by atoms with van der Waals surface area (Å²) in [7, 11) is 0. The molecule has 1 fully saturated rings. The molecule has 1 aliphatic rings. The largest absolute Gasteiger partial charge is 0.422 e. The molecule has 0 nitrogen and oxygen atoms in total. The molecule has 0 bridgehead atoms. The number of rotatable bonds is 6. The van der Waals surface area contributed by atoms with Crippen molar-refractivity contribution in [1.29, 1.82) is 0 Å². The van der Waals surface area contributed by atoms with E-state index in [2.05, 4.69) is 6.58 Å². The first-order valence-electron chi connectivity index (χ1n) is 8.50. The van der Waals surface area contributed by atoms with Crippen molar-refractivity contribution in [1.82, 2.24) is 0 Å². The van der Waals surface area contributed by atoms with Gasteiger partial charge in [0, 0.05) is 0 Å². The topological polar surface area (TPSA) is 0 Å². The van der Waals surface area contributed by atoms with E-state index in [1.807, 2.05) is 6.08 Å². The smallest absolute Gasteiger partial charge is 0.206 e. The van der Waals surface area contributed by atoms with E-state index in [1.54, 1.807) is 0 Å². The summed E-state index contributed by atoms with van der Waals surface area (Å²) in [5.41, 5.74) is -1.44. The van der Waals surface area contributed by atoms with Crippen LogP contribution in [0.4, 0.5) is 22.0 Å². The first-order valence-corrected chi connectivity index (χ1v) is 8.50. The molecule has 1 aromatic carbocycles. The molecular formula is C19H23F5. The van der Waals surface area contributed by atoms with Gasteiger partial charge >= 0.3 is 6.18 Å². The summed E-state index contributed by atoms with van der Waals surface area (Å²) in [6.07, 6.45) is 4.79. The van der Waals surface area contributed by atoms with Crippen molar-refractivity contribution in [3.05, 3.63) is 47.5 Å². The first kappa shape index (κ1) is 18.9. The molecule has 5 heteroatoms. The van der Waals surface area contributed by atoms with Crippen molar-refractivity contribution in [3.63, 3.8) is 0 Å². The molecule has 0 heterocycles. The second-order valence-electron chi connectivity index (χ2n) is 6.65. The van der Waals surface area contributed by atoms with Gasteiger partial charge < -0.3 is 0 Å². The van der Waals surface area contributed by atoms with Gasteiger partial charge in [0.2, 0.25) is 0 Å². The Balaban J connectivity index is 1.96. The molecule has 0 unspecified atom stereocenters. The molecule has 24 heavy (non-hydrogen) atoms. The summed E-state index contributed by atoms with van der Waals surface area (Å²) in [4.78, 5) is 0. The van der Waals surface area contributed by atoms with Crippen molar-refractivity contribution in [3.8, 4) is 0 Å². The van der Waals surface area contributed by atoms with Gasteiger partial charge in [0.1, 0.15) is 17.2 Å². The molecular weight excluding hydrogens is 323 g/mol.